The fourth-order valence-electron chi connectivity index (χ4n) is 1.89. The van der Waals surface area contributed by atoms with Crippen LogP contribution in [0.4, 0.5) is 0 Å². The second-order valence-electron chi connectivity index (χ2n) is 4.55. The van der Waals surface area contributed by atoms with Gasteiger partial charge in [-0.15, -0.1) is 0 Å². The third-order valence-electron chi connectivity index (χ3n) is 3.08. The first-order chi connectivity index (χ1) is 9.94. The Morgan fingerprint density at radius 3 is 2.57 bits per heavy atom. The van der Waals surface area contributed by atoms with E-state index >= 15 is 0 Å². The van der Waals surface area contributed by atoms with E-state index in [1.54, 1.807) is 31.4 Å². The summed E-state index contributed by atoms with van der Waals surface area (Å²) in [5.74, 6) is 0.659. The summed E-state index contributed by atoms with van der Waals surface area (Å²) in [6.07, 6.45) is 0. The summed E-state index contributed by atoms with van der Waals surface area (Å²) in [6, 6.07) is 12.2. The number of aryl methyl sites for hydroxylation is 1. The van der Waals surface area contributed by atoms with E-state index in [2.05, 4.69) is 20.7 Å². The van der Waals surface area contributed by atoms with Crippen molar-refractivity contribution >= 4 is 26.0 Å². The Kier molecular flexibility index (Phi) is 5.03. The van der Waals surface area contributed by atoms with Gasteiger partial charge >= 0.3 is 0 Å². The first-order valence-corrected chi connectivity index (χ1v) is 8.59. The Hall–Kier alpha value is -1.37. The number of hydrogen-bond donors (Lipinski definition) is 1. The highest BCUT2D eigenvalue weighted by molar-refractivity contribution is 9.10. The summed E-state index contributed by atoms with van der Waals surface area (Å²) in [5, 5.41) is 0. The van der Waals surface area contributed by atoms with E-state index in [0.29, 0.717) is 5.75 Å². The second-order valence-corrected chi connectivity index (χ2v) is 7.17. The molecule has 0 atom stereocenters. The van der Waals surface area contributed by atoms with Crippen molar-refractivity contribution in [2.75, 3.05) is 7.11 Å². The number of sulfonamides is 1. The van der Waals surface area contributed by atoms with Gasteiger partial charge in [0.25, 0.3) is 0 Å². The Labute approximate surface area is 133 Å². The smallest absolute Gasteiger partial charge is 0.240 e. The van der Waals surface area contributed by atoms with Crippen molar-refractivity contribution in [3.63, 3.8) is 0 Å². The molecule has 0 radical (unpaired) electrons. The number of ether oxygens (including phenoxy) is 1. The Morgan fingerprint density at radius 1 is 1.19 bits per heavy atom. The third-order valence-corrected chi connectivity index (χ3v) is 5.37. The van der Waals surface area contributed by atoms with Crippen LogP contribution in [0.5, 0.6) is 5.75 Å². The van der Waals surface area contributed by atoms with Crippen LogP contribution in [-0.2, 0) is 16.6 Å². The van der Waals surface area contributed by atoms with Gasteiger partial charge in [-0.25, -0.2) is 13.1 Å². The van der Waals surface area contributed by atoms with Crippen LogP contribution >= 0.6 is 15.9 Å². The van der Waals surface area contributed by atoms with Gasteiger partial charge in [-0.05, 0) is 36.8 Å². The number of hydrogen-bond acceptors (Lipinski definition) is 3. The maximum atomic E-state index is 12.3. The van der Waals surface area contributed by atoms with Gasteiger partial charge in [0.05, 0.1) is 12.0 Å². The Bertz CT molecular complexity index is 744. The van der Waals surface area contributed by atoms with Crippen LogP contribution in [0.15, 0.2) is 51.8 Å². The molecule has 0 aliphatic heterocycles. The molecule has 1 N–H and O–H groups in total. The Balaban J connectivity index is 2.20. The van der Waals surface area contributed by atoms with Crippen LogP contribution in [0.2, 0.25) is 0 Å². The molecular weight excluding hydrogens is 354 g/mol. The molecule has 2 aromatic rings. The van der Waals surface area contributed by atoms with Crippen molar-refractivity contribution < 1.29 is 13.2 Å². The van der Waals surface area contributed by atoms with E-state index in [9.17, 15) is 8.42 Å². The summed E-state index contributed by atoms with van der Waals surface area (Å²) in [4.78, 5) is 0.248. The molecular formula is C15H16BrNO3S. The quantitative estimate of drug-likeness (QED) is 0.879. The van der Waals surface area contributed by atoms with Gasteiger partial charge in [-0.2, -0.15) is 0 Å². The summed E-state index contributed by atoms with van der Waals surface area (Å²) in [6.45, 7) is 2.03. The van der Waals surface area contributed by atoms with Gasteiger partial charge in [0.15, 0.2) is 0 Å². The average Bonchev–Trinajstić information content (AvgIpc) is 2.48. The number of halogens is 1. The molecule has 0 bridgehead atoms. The lowest BCUT2D eigenvalue weighted by Gasteiger charge is -2.11. The zero-order valence-electron chi connectivity index (χ0n) is 11.8. The zero-order valence-corrected chi connectivity index (χ0v) is 14.2. The van der Waals surface area contributed by atoms with Gasteiger partial charge in [-0.3, -0.25) is 0 Å². The summed E-state index contributed by atoms with van der Waals surface area (Å²) >= 11 is 3.36. The predicted octanol–water partition coefficient (Wildman–Crippen LogP) is 3.24. The van der Waals surface area contributed by atoms with E-state index in [4.69, 9.17) is 4.74 Å². The van der Waals surface area contributed by atoms with Crippen molar-refractivity contribution in [3.8, 4) is 5.75 Å². The highest BCUT2D eigenvalue weighted by atomic mass is 79.9. The van der Waals surface area contributed by atoms with Gasteiger partial charge in [0.2, 0.25) is 10.0 Å². The minimum atomic E-state index is -3.55. The topological polar surface area (TPSA) is 55.4 Å². The predicted molar refractivity (Wildman–Crippen MR) is 85.9 cm³/mol. The maximum Gasteiger partial charge on any atom is 0.240 e. The van der Waals surface area contributed by atoms with Gasteiger partial charge in [-0.1, -0.05) is 34.1 Å². The molecule has 0 spiro atoms. The lowest BCUT2D eigenvalue weighted by molar-refractivity contribution is 0.409. The van der Waals surface area contributed by atoms with Crippen molar-refractivity contribution in [2.45, 2.75) is 18.4 Å². The van der Waals surface area contributed by atoms with Gasteiger partial charge in [0, 0.05) is 16.6 Å². The number of para-hydroxylation sites is 1. The Morgan fingerprint density at radius 2 is 1.90 bits per heavy atom. The molecule has 0 amide bonds. The van der Waals surface area contributed by atoms with Crippen molar-refractivity contribution in [3.05, 3.63) is 58.1 Å². The highest BCUT2D eigenvalue weighted by Crippen LogP contribution is 2.21. The summed E-state index contributed by atoms with van der Waals surface area (Å²) < 4.78 is 33.3. The fraction of sp³-hybridized carbons (Fsp3) is 0.200. The third kappa shape index (κ3) is 3.84. The molecule has 21 heavy (non-hydrogen) atoms. The SMILES string of the molecule is COc1ccccc1CNS(=O)(=O)c1ccc(Br)c(C)c1. The van der Waals surface area contributed by atoms with Crippen LogP contribution in [0.25, 0.3) is 0 Å². The van der Waals surface area contributed by atoms with Crippen molar-refractivity contribution in [1.82, 2.24) is 4.72 Å². The van der Waals surface area contributed by atoms with E-state index in [1.807, 2.05) is 25.1 Å². The first kappa shape index (κ1) is 16.0. The highest BCUT2D eigenvalue weighted by Gasteiger charge is 2.15. The normalized spacial score (nSPS) is 11.4. The minimum absolute atomic E-state index is 0.182. The summed E-state index contributed by atoms with van der Waals surface area (Å²) in [7, 11) is -1.99. The molecule has 0 unspecified atom stereocenters. The first-order valence-electron chi connectivity index (χ1n) is 6.32. The van der Waals surface area contributed by atoms with E-state index < -0.39 is 10.0 Å². The second kappa shape index (κ2) is 6.60. The molecule has 6 heteroatoms. The summed E-state index contributed by atoms with van der Waals surface area (Å²) in [5.41, 5.74) is 1.66. The molecule has 0 aliphatic rings. The molecule has 0 saturated heterocycles. The molecule has 2 rings (SSSR count). The molecule has 0 aromatic heterocycles. The van der Waals surface area contributed by atoms with E-state index in [-0.39, 0.29) is 11.4 Å². The van der Waals surface area contributed by atoms with E-state index in [0.717, 1.165) is 15.6 Å². The molecule has 0 aliphatic carbocycles. The number of rotatable bonds is 5. The number of benzene rings is 2. The molecule has 112 valence electrons. The monoisotopic (exact) mass is 369 g/mol. The van der Waals surface area contributed by atoms with Crippen LogP contribution in [0.3, 0.4) is 0 Å². The van der Waals surface area contributed by atoms with Crippen molar-refractivity contribution in [1.29, 1.82) is 0 Å². The number of methoxy groups -OCH3 is 1. The molecule has 2 aromatic carbocycles. The van der Waals surface area contributed by atoms with Crippen LogP contribution < -0.4 is 9.46 Å². The fourth-order valence-corrected chi connectivity index (χ4v) is 3.23. The van der Waals surface area contributed by atoms with Crippen LogP contribution in [0, 0.1) is 6.92 Å². The molecule has 0 heterocycles. The molecule has 0 saturated carbocycles. The van der Waals surface area contributed by atoms with Crippen LogP contribution in [0.1, 0.15) is 11.1 Å². The van der Waals surface area contributed by atoms with Gasteiger partial charge in [0.1, 0.15) is 5.75 Å². The standard InChI is InChI=1S/C15H16BrNO3S/c1-11-9-13(7-8-14(11)16)21(18,19)17-10-12-5-3-4-6-15(12)20-2/h3-9,17H,10H2,1-2H3. The largest absolute Gasteiger partial charge is 0.496 e. The van der Waals surface area contributed by atoms with Gasteiger partial charge < -0.3 is 4.74 Å². The lowest BCUT2D eigenvalue weighted by Crippen LogP contribution is -2.23. The number of nitrogens with one attached hydrogen (secondary N) is 1. The maximum absolute atomic E-state index is 12.3. The molecule has 0 fully saturated rings. The van der Waals surface area contributed by atoms with Crippen molar-refractivity contribution in [2.24, 2.45) is 0 Å². The zero-order chi connectivity index (χ0) is 15.5. The minimum Gasteiger partial charge on any atom is -0.496 e. The van der Waals surface area contributed by atoms with Crippen LogP contribution in [-0.4, -0.2) is 15.5 Å². The lowest BCUT2D eigenvalue weighted by atomic mass is 10.2. The average molecular weight is 370 g/mol. The van der Waals surface area contributed by atoms with E-state index in [1.165, 1.54) is 0 Å². The molecule has 4 nitrogen and oxygen atoms in total.